The minimum Gasteiger partial charge on any atom is -0.393 e. The molecule has 1 aliphatic rings. The molecule has 1 saturated heterocycles. The molecule has 0 amide bonds. The molecule has 11 heavy (non-hydrogen) atoms. The highest BCUT2D eigenvalue weighted by Gasteiger charge is 2.48. The number of hydrogen-bond acceptors (Lipinski definition) is 4. The van der Waals surface area contributed by atoms with Crippen molar-refractivity contribution < 1.29 is 20.1 Å². The van der Waals surface area contributed by atoms with E-state index in [1.54, 1.807) is 13.8 Å². The van der Waals surface area contributed by atoms with Crippen LogP contribution in [0.4, 0.5) is 0 Å². The lowest BCUT2D eigenvalue weighted by Gasteiger charge is -2.24. The van der Waals surface area contributed by atoms with Crippen molar-refractivity contribution in [2.24, 2.45) is 0 Å². The second-order valence-corrected chi connectivity index (χ2v) is 3.23. The van der Waals surface area contributed by atoms with Gasteiger partial charge in [0.1, 0.15) is 17.8 Å². The minimum absolute atomic E-state index is 0.282. The third-order valence-corrected chi connectivity index (χ3v) is 2.20. The fourth-order valence-corrected chi connectivity index (χ4v) is 1.31. The maximum absolute atomic E-state index is 9.35. The Kier molecular flexibility index (Phi) is 2.20. The van der Waals surface area contributed by atoms with Gasteiger partial charge >= 0.3 is 0 Å². The number of hydrogen-bond donors (Lipinski definition) is 3. The quantitative estimate of drug-likeness (QED) is 0.456. The maximum atomic E-state index is 9.35. The highest BCUT2D eigenvalue weighted by atomic mass is 16.6. The van der Waals surface area contributed by atoms with Crippen LogP contribution in [-0.4, -0.2) is 45.8 Å². The van der Waals surface area contributed by atoms with Gasteiger partial charge in [0.15, 0.2) is 0 Å². The van der Waals surface area contributed by atoms with Crippen molar-refractivity contribution in [2.75, 3.05) is 6.61 Å². The molecule has 4 heteroatoms. The summed E-state index contributed by atoms with van der Waals surface area (Å²) in [7, 11) is 0. The Balaban J connectivity index is 2.73. The van der Waals surface area contributed by atoms with E-state index in [1.165, 1.54) is 0 Å². The molecule has 0 radical (unpaired) electrons. The summed E-state index contributed by atoms with van der Waals surface area (Å²) in [6.45, 7) is 2.95. The molecule has 0 bridgehead atoms. The number of aliphatic hydroxyl groups is 3. The summed E-state index contributed by atoms with van der Waals surface area (Å²) in [6, 6.07) is 0. The van der Waals surface area contributed by atoms with Gasteiger partial charge in [0.05, 0.1) is 12.7 Å². The molecule has 0 aromatic carbocycles. The first kappa shape index (κ1) is 8.93. The predicted molar refractivity (Wildman–Crippen MR) is 38.1 cm³/mol. The van der Waals surface area contributed by atoms with E-state index in [0.717, 1.165) is 0 Å². The van der Waals surface area contributed by atoms with Crippen LogP contribution in [0.1, 0.15) is 13.8 Å². The fraction of sp³-hybridized carbons (Fsp3) is 1.00. The van der Waals surface area contributed by atoms with Gasteiger partial charge in [-0.25, -0.2) is 0 Å². The van der Waals surface area contributed by atoms with Gasteiger partial charge in [-0.3, -0.25) is 0 Å². The summed E-state index contributed by atoms with van der Waals surface area (Å²) in [5.41, 5.74) is -1.00. The molecule has 1 heterocycles. The molecule has 0 saturated carbocycles. The first-order valence-corrected chi connectivity index (χ1v) is 3.66. The highest BCUT2D eigenvalue weighted by molar-refractivity contribution is 4.97. The topological polar surface area (TPSA) is 69.9 Å². The molecular formula is C7H14O4. The van der Waals surface area contributed by atoms with Gasteiger partial charge in [-0.2, -0.15) is 0 Å². The minimum atomic E-state index is -1.00. The Morgan fingerprint density at radius 1 is 1.45 bits per heavy atom. The second kappa shape index (κ2) is 2.71. The monoisotopic (exact) mass is 162 g/mol. The molecule has 0 aromatic heterocycles. The standard InChI is InChI=1S/C7H14O4/c1-4-5(9)6(10)7(2,3-8)11-4/h4-6,8-10H,3H2,1-2H3. The Labute approximate surface area is 65.4 Å². The fourth-order valence-electron chi connectivity index (χ4n) is 1.31. The van der Waals surface area contributed by atoms with Crippen LogP contribution in [0.15, 0.2) is 0 Å². The smallest absolute Gasteiger partial charge is 0.117 e. The van der Waals surface area contributed by atoms with Crippen molar-refractivity contribution in [3.8, 4) is 0 Å². The zero-order valence-electron chi connectivity index (χ0n) is 6.69. The third-order valence-electron chi connectivity index (χ3n) is 2.20. The van der Waals surface area contributed by atoms with Crippen molar-refractivity contribution in [2.45, 2.75) is 37.8 Å². The van der Waals surface area contributed by atoms with Crippen molar-refractivity contribution in [1.29, 1.82) is 0 Å². The first-order chi connectivity index (χ1) is 5.01. The van der Waals surface area contributed by atoms with Crippen LogP contribution in [0.25, 0.3) is 0 Å². The second-order valence-electron chi connectivity index (χ2n) is 3.23. The van der Waals surface area contributed by atoms with Crippen molar-refractivity contribution in [3.05, 3.63) is 0 Å². The van der Waals surface area contributed by atoms with Crippen LogP contribution in [0.3, 0.4) is 0 Å². The molecule has 0 aliphatic carbocycles. The van der Waals surface area contributed by atoms with Crippen LogP contribution < -0.4 is 0 Å². The van der Waals surface area contributed by atoms with Gasteiger partial charge in [0.2, 0.25) is 0 Å². The van der Waals surface area contributed by atoms with Crippen molar-refractivity contribution in [3.63, 3.8) is 0 Å². The molecule has 1 fully saturated rings. The molecule has 1 aliphatic heterocycles. The Morgan fingerprint density at radius 2 is 2.00 bits per heavy atom. The van der Waals surface area contributed by atoms with Gasteiger partial charge in [0, 0.05) is 0 Å². The Hall–Kier alpha value is -0.160. The zero-order valence-corrected chi connectivity index (χ0v) is 6.69. The van der Waals surface area contributed by atoms with E-state index in [-0.39, 0.29) is 6.61 Å². The van der Waals surface area contributed by atoms with E-state index >= 15 is 0 Å². The largest absolute Gasteiger partial charge is 0.393 e. The summed E-state index contributed by atoms with van der Waals surface area (Å²) >= 11 is 0. The van der Waals surface area contributed by atoms with E-state index < -0.39 is 23.9 Å². The molecule has 0 aromatic rings. The van der Waals surface area contributed by atoms with Gasteiger partial charge in [-0.05, 0) is 13.8 Å². The van der Waals surface area contributed by atoms with Crippen LogP contribution in [0, 0.1) is 0 Å². The van der Waals surface area contributed by atoms with E-state index in [9.17, 15) is 10.2 Å². The van der Waals surface area contributed by atoms with E-state index in [0.29, 0.717) is 0 Å². The maximum Gasteiger partial charge on any atom is 0.117 e. The SMILES string of the molecule is CC1OC(C)(CO)C(O)C1O. The predicted octanol–water partition coefficient (Wildman–Crippen LogP) is -1.12. The molecule has 1 rings (SSSR count). The van der Waals surface area contributed by atoms with Crippen LogP contribution >= 0.6 is 0 Å². The summed E-state index contributed by atoms with van der Waals surface area (Å²) in [5.74, 6) is 0. The van der Waals surface area contributed by atoms with Crippen LogP contribution in [0.5, 0.6) is 0 Å². The van der Waals surface area contributed by atoms with Crippen LogP contribution in [-0.2, 0) is 4.74 Å². The summed E-state index contributed by atoms with van der Waals surface area (Å²) in [4.78, 5) is 0. The Bertz CT molecular complexity index is 149. The zero-order chi connectivity index (χ0) is 8.65. The summed E-state index contributed by atoms with van der Waals surface area (Å²) < 4.78 is 5.17. The molecule has 3 N–H and O–H groups in total. The van der Waals surface area contributed by atoms with E-state index in [2.05, 4.69) is 0 Å². The van der Waals surface area contributed by atoms with Crippen molar-refractivity contribution >= 4 is 0 Å². The van der Waals surface area contributed by atoms with Gasteiger partial charge in [-0.1, -0.05) is 0 Å². The van der Waals surface area contributed by atoms with Gasteiger partial charge in [0.25, 0.3) is 0 Å². The van der Waals surface area contributed by atoms with Crippen molar-refractivity contribution in [1.82, 2.24) is 0 Å². The molecular weight excluding hydrogens is 148 g/mol. The normalized spacial score (nSPS) is 51.5. The first-order valence-electron chi connectivity index (χ1n) is 3.66. The van der Waals surface area contributed by atoms with Crippen LogP contribution in [0.2, 0.25) is 0 Å². The summed E-state index contributed by atoms with van der Waals surface area (Å²) in [6.07, 6.45) is -2.31. The number of ether oxygens (including phenoxy) is 1. The third kappa shape index (κ3) is 1.27. The molecule has 66 valence electrons. The molecule has 4 atom stereocenters. The lowest BCUT2D eigenvalue weighted by molar-refractivity contribution is -0.0951. The highest BCUT2D eigenvalue weighted by Crippen LogP contribution is 2.29. The van der Waals surface area contributed by atoms with Gasteiger partial charge < -0.3 is 20.1 Å². The lowest BCUT2D eigenvalue weighted by atomic mass is 9.98. The summed E-state index contributed by atoms with van der Waals surface area (Å²) in [5, 5.41) is 27.4. The number of rotatable bonds is 1. The van der Waals surface area contributed by atoms with Gasteiger partial charge in [-0.15, -0.1) is 0 Å². The Morgan fingerprint density at radius 3 is 2.18 bits per heavy atom. The lowest BCUT2D eigenvalue weighted by Crippen LogP contribution is -2.43. The average molecular weight is 162 g/mol. The number of aliphatic hydroxyl groups excluding tert-OH is 3. The molecule has 0 spiro atoms. The van der Waals surface area contributed by atoms with E-state index in [4.69, 9.17) is 9.84 Å². The molecule has 4 unspecified atom stereocenters. The molecule has 4 nitrogen and oxygen atoms in total. The average Bonchev–Trinajstić information content (AvgIpc) is 2.17. The van der Waals surface area contributed by atoms with E-state index in [1.807, 2.05) is 0 Å².